The number of rotatable bonds is 10. The van der Waals surface area contributed by atoms with Crippen LogP contribution >= 0.6 is 0 Å². The molecule has 0 aliphatic carbocycles. The zero-order chi connectivity index (χ0) is 43.4. The van der Waals surface area contributed by atoms with E-state index in [4.69, 9.17) is 0 Å². The fourth-order valence-corrected chi connectivity index (χ4v) is 9.54. The summed E-state index contributed by atoms with van der Waals surface area (Å²) in [6.07, 6.45) is 0. The molecular weight excluding hydrogens is 783 g/mol. The smallest absolute Gasteiger partial charge is 0.0540 e. The van der Waals surface area contributed by atoms with Gasteiger partial charge in [-0.1, -0.05) is 243 Å². The maximum absolute atomic E-state index is 2.43. The van der Waals surface area contributed by atoms with Crippen LogP contribution < -0.4 is 4.90 Å². The van der Waals surface area contributed by atoms with Gasteiger partial charge in [0.1, 0.15) is 0 Å². The molecule has 306 valence electrons. The van der Waals surface area contributed by atoms with Crippen molar-refractivity contribution in [3.05, 3.63) is 273 Å². The second-order valence-corrected chi connectivity index (χ2v) is 16.4. The van der Waals surface area contributed by atoms with Crippen molar-refractivity contribution < 1.29 is 0 Å². The van der Waals surface area contributed by atoms with Crippen LogP contribution in [0.4, 0.5) is 17.1 Å². The number of hydrogen-bond donors (Lipinski definition) is 0. The van der Waals surface area contributed by atoms with Crippen LogP contribution in [0.15, 0.2) is 273 Å². The average molecular weight is 828 g/mol. The lowest BCUT2D eigenvalue weighted by Gasteiger charge is -2.30. The minimum atomic E-state index is 1.08. The summed E-state index contributed by atoms with van der Waals surface area (Å²) >= 11 is 0. The summed E-state index contributed by atoms with van der Waals surface area (Å²) in [5, 5.41) is 2.41. The number of fused-ring (bicyclic) bond motifs is 1. The van der Waals surface area contributed by atoms with E-state index in [-0.39, 0.29) is 0 Å². The Morgan fingerprint density at radius 3 is 0.969 bits per heavy atom. The molecule has 0 unspecified atom stereocenters. The van der Waals surface area contributed by atoms with Crippen LogP contribution in [0, 0.1) is 0 Å². The summed E-state index contributed by atoms with van der Waals surface area (Å²) < 4.78 is 0. The van der Waals surface area contributed by atoms with Crippen molar-refractivity contribution in [2.45, 2.75) is 0 Å². The van der Waals surface area contributed by atoms with Crippen molar-refractivity contribution in [3.8, 4) is 77.9 Å². The second kappa shape index (κ2) is 17.7. The molecular formula is C64H45N. The highest BCUT2D eigenvalue weighted by atomic mass is 15.1. The number of nitrogens with zero attached hydrogens (tertiary/aromatic N) is 1. The molecule has 0 aromatic heterocycles. The highest BCUT2D eigenvalue weighted by Gasteiger charge is 2.27. The fourth-order valence-electron chi connectivity index (χ4n) is 9.54. The van der Waals surface area contributed by atoms with Gasteiger partial charge in [0.15, 0.2) is 0 Å². The van der Waals surface area contributed by atoms with Crippen molar-refractivity contribution in [1.29, 1.82) is 0 Å². The number of hydrogen-bond acceptors (Lipinski definition) is 1. The van der Waals surface area contributed by atoms with E-state index in [0.29, 0.717) is 0 Å². The Morgan fingerprint density at radius 2 is 0.523 bits per heavy atom. The Balaban J connectivity index is 1.23. The number of benzene rings is 11. The van der Waals surface area contributed by atoms with E-state index in [9.17, 15) is 0 Å². The molecule has 0 N–H and O–H groups in total. The first-order chi connectivity index (χ1) is 32.3. The third kappa shape index (κ3) is 7.60. The van der Waals surface area contributed by atoms with Gasteiger partial charge in [0.25, 0.3) is 0 Å². The van der Waals surface area contributed by atoms with Crippen LogP contribution in [0.2, 0.25) is 0 Å². The van der Waals surface area contributed by atoms with E-state index in [1.54, 1.807) is 0 Å². The van der Waals surface area contributed by atoms with Gasteiger partial charge in [-0.3, -0.25) is 0 Å². The molecule has 0 aliphatic rings. The molecule has 1 heteroatoms. The lowest BCUT2D eigenvalue weighted by atomic mass is 9.77. The topological polar surface area (TPSA) is 3.24 Å². The predicted molar refractivity (Wildman–Crippen MR) is 277 cm³/mol. The summed E-state index contributed by atoms with van der Waals surface area (Å²) in [7, 11) is 0. The molecule has 0 saturated carbocycles. The second-order valence-electron chi connectivity index (χ2n) is 16.4. The van der Waals surface area contributed by atoms with Crippen molar-refractivity contribution in [2.75, 3.05) is 4.90 Å². The van der Waals surface area contributed by atoms with Crippen LogP contribution in [-0.2, 0) is 0 Å². The van der Waals surface area contributed by atoms with Gasteiger partial charge >= 0.3 is 0 Å². The van der Waals surface area contributed by atoms with Gasteiger partial charge in [-0.05, 0) is 113 Å². The average Bonchev–Trinajstić information content (AvgIpc) is 3.40. The molecule has 0 bridgehead atoms. The first-order valence-electron chi connectivity index (χ1n) is 22.3. The van der Waals surface area contributed by atoms with Crippen LogP contribution in [0.5, 0.6) is 0 Å². The molecule has 0 heterocycles. The van der Waals surface area contributed by atoms with Crippen LogP contribution in [0.3, 0.4) is 0 Å². The molecule has 0 atom stereocenters. The van der Waals surface area contributed by atoms with Crippen molar-refractivity contribution in [3.63, 3.8) is 0 Å². The van der Waals surface area contributed by atoms with Gasteiger partial charge in [-0.15, -0.1) is 0 Å². The van der Waals surface area contributed by atoms with Crippen LogP contribution in [-0.4, -0.2) is 0 Å². The van der Waals surface area contributed by atoms with E-state index < -0.39 is 0 Å². The molecule has 1 nitrogen and oxygen atoms in total. The van der Waals surface area contributed by atoms with Gasteiger partial charge in [0, 0.05) is 16.9 Å². The van der Waals surface area contributed by atoms with Crippen molar-refractivity contribution in [1.82, 2.24) is 0 Å². The lowest BCUT2D eigenvalue weighted by Crippen LogP contribution is -2.11. The zero-order valence-corrected chi connectivity index (χ0v) is 35.9. The quantitative estimate of drug-likeness (QED) is 0.133. The minimum absolute atomic E-state index is 1.08. The van der Waals surface area contributed by atoms with Gasteiger partial charge in [-0.2, -0.15) is 0 Å². The van der Waals surface area contributed by atoms with E-state index in [1.165, 1.54) is 77.5 Å². The van der Waals surface area contributed by atoms with E-state index in [1.807, 2.05) is 0 Å². The number of anilines is 3. The Morgan fingerprint density at radius 1 is 0.200 bits per heavy atom. The fraction of sp³-hybridized carbons (Fsp3) is 0. The Labute approximate surface area is 381 Å². The third-order valence-electron chi connectivity index (χ3n) is 12.5. The maximum Gasteiger partial charge on any atom is 0.0540 e. The SMILES string of the molecule is c1ccc(-c2ccc(N(c3ccc(-c4ccccc4)cc3)c3ccccc3-c3cccc4c(-c5ccccc5)c(-c5ccccc5)c(-c5ccccc5)c(-c5ccccc5)c34)cc2)cc1. The molecule has 0 spiro atoms. The van der Waals surface area contributed by atoms with Gasteiger partial charge < -0.3 is 4.90 Å². The molecule has 0 saturated heterocycles. The standard InChI is InChI=1S/C64H45N/c1-7-22-46(23-8-1)48-38-42-54(43-39-48)65(55-44-40-49(41-45-55)47-24-9-2-10-25-47)59-37-20-19-34-56(59)57-35-21-36-58-60(50-26-11-3-12-27-50)61(51-28-13-4-14-29-51)62(52-30-15-5-16-31-52)63(64(57)58)53-32-17-6-18-33-53/h1-45H. The summed E-state index contributed by atoms with van der Waals surface area (Å²) in [4.78, 5) is 2.43. The molecule has 65 heavy (non-hydrogen) atoms. The summed E-state index contributed by atoms with van der Waals surface area (Å²) in [6, 6.07) is 99.0. The zero-order valence-electron chi connectivity index (χ0n) is 35.9. The number of para-hydroxylation sites is 1. The van der Waals surface area contributed by atoms with Crippen molar-refractivity contribution in [2.24, 2.45) is 0 Å². The normalized spacial score (nSPS) is 11.1. The molecule has 11 rings (SSSR count). The maximum atomic E-state index is 2.43. The Kier molecular flexibility index (Phi) is 10.7. The summed E-state index contributed by atoms with van der Waals surface area (Å²) in [6.45, 7) is 0. The van der Waals surface area contributed by atoms with E-state index in [0.717, 1.165) is 28.2 Å². The van der Waals surface area contributed by atoms with Gasteiger partial charge in [0.2, 0.25) is 0 Å². The van der Waals surface area contributed by atoms with E-state index >= 15 is 0 Å². The summed E-state index contributed by atoms with van der Waals surface area (Å²) in [5.41, 5.74) is 19.9. The molecule has 11 aromatic carbocycles. The molecule has 11 aromatic rings. The molecule has 0 aliphatic heterocycles. The van der Waals surface area contributed by atoms with Crippen LogP contribution in [0.1, 0.15) is 0 Å². The van der Waals surface area contributed by atoms with Crippen molar-refractivity contribution >= 4 is 27.8 Å². The third-order valence-corrected chi connectivity index (χ3v) is 12.5. The summed E-state index contributed by atoms with van der Waals surface area (Å²) in [5.74, 6) is 0. The largest absolute Gasteiger partial charge is 0.310 e. The van der Waals surface area contributed by atoms with Gasteiger partial charge in [0.05, 0.1) is 5.69 Å². The Bertz CT molecular complexity index is 3260. The van der Waals surface area contributed by atoms with E-state index in [2.05, 4.69) is 278 Å². The minimum Gasteiger partial charge on any atom is -0.310 e. The lowest BCUT2D eigenvalue weighted by molar-refractivity contribution is 1.28. The first kappa shape index (κ1) is 39.3. The molecule has 0 radical (unpaired) electrons. The molecule has 0 amide bonds. The Hall–Kier alpha value is -8.52. The highest BCUT2D eigenvalue weighted by Crippen LogP contribution is 2.54. The first-order valence-corrected chi connectivity index (χ1v) is 22.3. The van der Waals surface area contributed by atoms with Crippen LogP contribution in [0.25, 0.3) is 88.7 Å². The van der Waals surface area contributed by atoms with Gasteiger partial charge in [-0.25, -0.2) is 0 Å². The highest BCUT2D eigenvalue weighted by molar-refractivity contribution is 6.22. The molecule has 0 fully saturated rings. The monoisotopic (exact) mass is 827 g/mol. The predicted octanol–water partition coefficient (Wildman–Crippen LogP) is 18.0.